The van der Waals surface area contributed by atoms with Crippen LogP contribution in [0.5, 0.6) is 0 Å². The van der Waals surface area contributed by atoms with Crippen molar-refractivity contribution in [3.05, 3.63) is 12.8 Å². The molecule has 0 aliphatic heterocycles. The lowest BCUT2D eigenvalue weighted by molar-refractivity contribution is 0.468. The van der Waals surface area contributed by atoms with Crippen LogP contribution in [-0.4, -0.2) is 5.90 Å². The van der Waals surface area contributed by atoms with Crippen molar-refractivity contribution in [1.82, 2.24) is 0 Å². The number of nitrogens with two attached hydrogens (primary N) is 1. The standard InChI is InChI=1S/C4H8N2O/c1-3-7-4(2)6-5/h3H,1,5H2,2H3. The second kappa shape index (κ2) is 3.21. The molecule has 0 amide bonds. The number of ether oxygens (including phenoxy) is 1. The maximum Gasteiger partial charge on any atom is 0.207 e. The van der Waals surface area contributed by atoms with Gasteiger partial charge in [-0.2, -0.15) is 0 Å². The fraction of sp³-hybridized carbons (Fsp3) is 0.250. The maximum absolute atomic E-state index is 4.77. The molecule has 0 aliphatic rings. The SMILES string of the molecule is C=COC(C)=NN. The predicted octanol–water partition coefficient (Wildman–Crippen LogP) is 0.439. The van der Waals surface area contributed by atoms with E-state index in [1.54, 1.807) is 6.92 Å². The first kappa shape index (κ1) is 6.01. The molecule has 3 heteroatoms. The van der Waals surface area contributed by atoms with Crippen molar-refractivity contribution in [1.29, 1.82) is 0 Å². The molecule has 0 fully saturated rings. The summed E-state index contributed by atoms with van der Waals surface area (Å²) in [7, 11) is 0. The van der Waals surface area contributed by atoms with Crippen molar-refractivity contribution in [3.63, 3.8) is 0 Å². The van der Waals surface area contributed by atoms with Gasteiger partial charge in [0, 0.05) is 6.92 Å². The van der Waals surface area contributed by atoms with E-state index in [1.807, 2.05) is 0 Å². The van der Waals surface area contributed by atoms with Crippen LogP contribution in [-0.2, 0) is 4.74 Å². The third-order valence-corrected chi connectivity index (χ3v) is 0.436. The Hall–Kier alpha value is -0.990. The highest BCUT2D eigenvalue weighted by Crippen LogP contribution is 1.74. The fourth-order valence-electron chi connectivity index (χ4n) is 0.151. The van der Waals surface area contributed by atoms with Gasteiger partial charge < -0.3 is 10.6 Å². The van der Waals surface area contributed by atoms with Crippen molar-refractivity contribution in [2.24, 2.45) is 10.9 Å². The molecular formula is C4H8N2O. The number of hydrogen-bond acceptors (Lipinski definition) is 3. The first-order valence-electron chi connectivity index (χ1n) is 1.83. The molecule has 40 valence electrons. The number of nitrogens with zero attached hydrogens (tertiary/aromatic N) is 1. The third-order valence-electron chi connectivity index (χ3n) is 0.436. The van der Waals surface area contributed by atoms with Crippen LogP contribution in [0, 0.1) is 0 Å². The molecule has 0 saturated carbocycles. The van der Waals surface area contributed by atoms with E-state index in [2.05, 4.69) is 16.4 Å². The summed E-state index contributed by atoms with van der Waals surface area (Å²) in [4.78, 5) is 0. The molecule has 0 atom stereocenters. The third kappa shape index (κ3) is 2.82. The maximum atomic E-state index is 4.77. The van der Waals surface area contributed by atoms with Crippen molar-refractivity contribution in [2.75, 3.05) is 0 Å². The summed E-state index contributed by atoms with van der Waals surface area (Å²) in [5.74, 6) is 5.19. The molecule has 0 aromatic heterocycles. The van der Waals surface area contributed by atoms with Crippen molar-refractivity contribution in [3.8, 4) is 0 Å². The van der Waals surface area contributed by atoms with E-state index < -0.39 is 0 Å². The van der Waals surface area contributed by atoms with Gasteiger partial charge in [0.05, 0.1) is 6.26 Å². The Morgan fingerprint density at radius 2 is 2.57 bits per heavy atom. The van der Waals surface area contributed by atoms with Gasteiger partial charge in [0.25, 0.3) is 0 Å². The van der Waals surface area contributed by atoms with E-state index in [1.165, 1.54) is 6.26 Å². The van der Waals surface area contributed by atoms with Crippen molar-refractivity contribution >= 4 is 5.90 Å². The van der Waals surface area contributed by atoms with Crippen LogP contribution in [0.1, 0.15) is 6.92 Å². The van der Waals surface area contributed by atoms with Gasteiger partial charge in [0.2, 0.25) is 5.90 Å². The second-order valence-corrected chi connectivity index (χ2v) is 0.933. The average Bonchev–Trinajstić information content (AvgIpc) is 1.68. The van der Waals surface area contributed by atoms with Gasteiger partial charge in [-0.15, -0.1) is 5.10 Å². The molecule has 0 aliphatic carbocycles. The molecule has 0 unspecified atom stereocenters. The minimum Gasteiger partial charge on any atom is -0.450 e. The summed E-state index contributed by atoms with van der Waals surface area (Å²) in [5.41, 5.74) is 0. The van der Waals surface area contributed by atoms with E-state index in [9.17, 15) is 0 Å². The number of rotatable bonds is 1. The van der Waals surface area contributed by atoms with Crippen LogP contribution in [0.2, 0.25) is 0 Å². The summed E-state index contributed by atoms with van der Waals surface area (Å²) in [6.07, 6.45) is 1.27. The Balaban J connectivity index is 3.36. The van der Waals surface area contributed by atoms with E-state index in [4.69, 9.17) is 5.84 Å². The minimum atomic E-state index is 0.412. The molecule has 0 radical (unpaired) electrons. The Labute approximate surface area is 42.5 Å². The lowest BCUT2D eigenvalue weighted by atomic mass is 10.8. The molecule has 2 N–H and O–H groups in total. The summed E-state index contributed by atoms with van der Waals surface area (Å²) in [5, 5.41) is 3.20. The van der Waals surface area contributed by atoms with Gasteiger partial charge in [-0.05, 0) is 0 Å². The van der Waals surface area contributed by atoms with E-state index in [0.29, 0.717) is 5.90 Å². The van der Waals surface area contributed by atoms with Crippen LogP contribution < -0.4 is 5.84 Å². The highest BCUT2D eigenvalue weighted by molar-refractivity contribution is 5.73. The van der Waals surface area contributed by atoms with Gasteiger partial charge in [-0.25, -0.2) is 0 Å². The molecule has 0 spiro atoms. The largest absolute Gasteiger partial charge is 0.450 e. The summed E-state index contributed by atoms with van der Waals surface area (Å²) >= 11 is 0. The van der Waals surface area contributed by atoms with Crippen molar-refractivity contribution < 1.29 is 4.74 Å². The van der Waals surface area contributed by atoms with Crippen LogP contribution in [0.25, 0.3) is 0 Å². The fourth-order valence-corrected chi connectivity index (χ4v) is 0.151. The Morgan fingerprint density at radius 1 is 2.00 bits per heavy atom. The molecular weight excluding hydrogens is 92.1 g/mol. The van der Waals surface area contributed by atoms with Crippen LogP contribution in [0.4, 0.5) is 0 Å². The zero-order valence-electron chi connectivity index (χ0n) is 4.22. The highest BCUT2D eigenvalue weighted by Gasteiger charge is 1.78. The zero-order valence-corrected chi connectivity index (χ0v) is 4.22. The van der Waals surface area contributed by atoms with Gasteiger partial charge >= 0.3 is 0 Å². The highest BCUT2D eigenvalue weighted by atomic mass is 16.5. The topological polar surface area (TPSA) is 47.6 Å². The molecule has 0 aromatic carbocycles. The van der Waals surface area contributed by atoms with Crippen LogP contribution in [0.3, 0.4) is 0 Å². The first-order chi connectivity index (χ1) is 3.31. The molecule has 0 heterocycles. The average molecular weight is 100 g/mol. The Kier molecular flexibility index (Phi) is 2.76. The first-order valence-corrected chi connectivity index (χ1v) is 1.83. The lowest BCUT2D eigenvalue weighted by Gasteiger charge is -1.90. The zero-order chi connectivity index (χ0) is 5.70. The number of hydrazone groups is 1. The summed E-state index contributed by atoms with van der Waals surface area (Å²) < 4.78 is 4.58. The van der Waals surface area contributed by atoms with Crippen molar-refractivity contribution in [2.45, 2.75) is 6.92 Å². The number of hydrogen-bond donors (Lipinski definition) is 1. The second-order valence-electron chi connectivity index (χ2n) is 0.933. The Morgan fingerprint density at radius 3 is 2.71 bits per heavy atom. The normalized spacial score (nSPS) is 10.7. The molecule has 0 bridgehead atoms. The monoisotopic (exact) mass is 100 g/mol. The predicted molar refractivity (Wildman–Crippen MR) is 28.6 cm³/mol. The molecule has 0 saturated heterocycles. The molecule has 0 aromatic rings. The summed E-state index contributed by atoms with van der Waals surface area (Å²) in [6.45, 7) is 4.93. The molecule has 0 rings (SSSR count). The van der Waals surface area contributed by atoms with Crippen LogP contribution in [0.15, 0.2) is 17.9 Å². The Bertz CT molecular complexity index is 87.7. The van der Waals surface area contributed by atoms with Crippen LogP contribution >= 0.6 is 0 Å². The van der Waals surface area contributed by atoms with E-state index in [0.717, 1.165) is 0 Å². The van der Waals surface area contributed by atoms with E-state index in [-0.39, 0.29) is 0 Å². The minimum absolute atomic E-state index is 0.412. The molecule has 3 nitrogen and oxygen atoms in total. The molecule has 7 heavy (non-hydrogen) atoms. The lowest BCUT2D eigenvalue weighted by Crippen LogP contribution is -1.96. The quantitative estimate of drug-likeness (QED) is 0.171. The van der Waals surface area contributed by atoms with E-state index >= 15 is 0 Å². The van der Waals surface area contributed by atoms with Gasteiger partial charge in [0.15, 0.2) is 0 Å². The smallest absolute Gasteiger partial charge is 0.207 e. The van der Waals surface area contributed by atoms with Gasteiger partial charge in [0.1, 0.15) is 0 Å². The summed E-state index contributed by atoms with van der Waals surface area (Å²) in [6, 6.07) is 0. The van der Waals surface area contributed by atoms with Gasteiger partial charge in [-0.3, -0.25) is 0 Å². The van der Waals surface area contributed by atoms with Gasteiger partial charge in [-0.1, -0.05) is 6.58 Å².